The third-order valence-corrected chi connectivity index (χ3v) is 13.4. The fourth-order valence-corrected chi connectivity index (χ4v) is 9.28. The van der Waals surface area contributed by atoms with Crippen LogP contribution < -0.4 is 25.3 Å². The highest BCUT2D eigenvalue weighted by atomic mass is 32.2. The Morgan fingerprint density at radius 3 is 1.96 bits per heavy atom. The van der Waals surface area contributed by atoms with Gasteiger partial charge in [0.2, 0.25) is 22.8 Å². The van der Waals surface area contributed by atoms with Gasteiger partial charge >= 0.3 is 0 Å². The zero-order valence-corrected chi connectivity index (χ0v) is 39.7. The number of nitrogens with zero attached hydrogens (tertiary/aromatic N) is 3. The number of rotatable bonds is 25. The predicted molar refractivity (Wildman–Crippen MR) is 258 cm³/mol. The number of nitriles is 1. The van der Waals surface area contributed by atoms with Crippen LogP contribution in [0, 0.1) is 30.6 Å². The molecule has 17 nitrogen and oxygen atoms in total. The molecule has 4 N–H and O–H groups in total. The molecule has 0 fully saturated rings. The number of allylic oxidation sites excluding steroid dienone is 1. The SMILES string of the molecule is C#CCC/C(O)=C(\C#N)C(=O)Nc1ccc(OCCCCCC(=O)NCCNC(=O)CCCN(C(=O)c2c3ccccc3[n+](CCCS(=O)(=O)[O-])c3ccccc23)S(=O)(=O)c2ccc(C)cc2)cc1. The van der Waals surface area contributed by atoms with E-state index in [0.717, 1.165) is 9.87 Å². The Bertz CT molecular complexity index is 2940. The molecule has 0 saturated heterocycles. The van der Waals surface area contributed by atoms with Gasteiger partial charge in [0.25, 0.3) is 21.8 Å². The lowest BCUT2D eigenvalue weighted by Gasteiger charge is -2.24. The first-order valence-electron chi connectivity index (χ1n) is 22.3. The molecule has 1 heterocycles. The van der Waals surface area contributed by atoms with Crippen LogP contribution in [0.15, 0.2) is 113 Å². The van der Waals surface area contributed by atoms with Crippen molar-refractivity contribution in [1.82, 2.24) is 14.9 Å². The Morgan fingerprint density at radius 1 is 0.783 bits per heavy atom. The number of amides is 4. The lowest BCUT2D eigenvalue weighted by Crippen LogP contribution is -2.41. The summed E-state index contributed by atoms with van der Waals surface area (Å²) in [5.74, 6) is -0.244. The molecule has 0 bridgehead atoms. The van der Waals surface area contributed by atoms with Crippen molar-refractivity contribution in [2.75, 3.05) is 37.3 Å². The fraction of sp³-hybridized carbons (Fsp3) is 0.320. The molecule has 1 aromatic heterocycles. The Morgan fingerprint density at radius 2 is 1.38 bits per heavy atom. The van der Waals surface area contributed by atoms with Gasteiger partial charge in [-0.05, 0) is 81.1 Å². The number of para-hydroxylation sites is 2. The normalized spacial score (nSPS) is 11.8. The van der Waals surface area contributed by atoms with Crippen LogP contribution in [0.3, 0.4) is 0 Å². The third-order valence-electron chi connectivity index (χ3n) is 10.9. The minimum absolute atomic E-state index is 0.0138. The molecule has 362 valence electrons. The lowest BCUT2D eigenvalue weighted by atomic mass is 10.0. The van der Waals surface area contributed by atoms with Crippen molar-refractivity contribution in [2.45, 2.75) is 76.2 Å². The highest BCUT2D eigenvalue weighted by Gasteiger charge is 2.34. The van der Waals surface area contributed by atoms with Crippen molar-refractivity contribution >= 4 is 71.3 Å². The van der Waals surface area contributed by atoms with Crippen molar-refractivity contribution in [1.29, 1.82) is 5.26 Å². The molecule has 5 rings (SSSR count). The van der Waals surface area contributed by atoms with Crippen LogP contribution in [0.1, 0.15) is 73.7 Å². The number of aliphatic hydroxyl groups excluding tert-OH is 1. The number of aryl methyl sites for hydroxylation is 2. The van der Waals surface area contributed by atoms with Crippen LogP contribution in [0.4, 0.5) is 5.69 Å². The van der Waals surface area contributed by atoms with Gasteiger partial charge in [-0.3, -0.25) is 19.2 Å². The Labute approximate surface area is 402 Å². The first-order chi connectivity index (χ1) is 33.0. The molecular formula is C50H54N6O11S2. The summed E-state index contributed by atoms with van der Waals surface area (Å²) in [6.07, 6.45) is 7.49. The van der Waals surface area contributed by atoms with Crippen LogP contribution in [-0.2, 0) is 41.1 Å². The summed E-state index contributed by atoms with van der Waals surface area (Å²) in [4.78, 5) is 52.5. The molecule has 0 aliphatic rings. The van der Waals surface area contributed by atoms with E-state index < -0.39 is 49.2 Å². The summed E-state index contributed by atoms with van der Waals surface area (Å²) in [6.45, 7) is 2.28. The molecule has 5 aromatic rings. The van der Waals surface area contributed by atoms with E-state index in [4.69, 9.17) is 11.2 Å². The molecule has 4 aromatic carbocycles. The topological polar surface area (TPSA) is 256 Å². The van der Waals surface area contributed by atoms with Gasteiger partial charge in [-0.25, -0.2) is 21.1 Å². The molecule has 69 heavy (non-hydrogen) atoms. The van der Waals surface area contributed by atoms with Crippen LogP contribution in [0.25, 0.3) is 21.8 Å². The van der Waals surface area contributed by atoms with E-state index in [1.807, 2.05) is 0 Å². The van der Waals surface area contributed by atoms with Crippen molar-refractivity contribution in [3.63, 3.8) is 0 Å². The zero-order valence-electron chi connectivity index (χ0n) is 38.1. The number of anilines is 1. The largest absolute Gasteiger partial charge is 0.748 e. The molecule has 0 atom stereocenters. The first kappa shape index (κ1) is 52.6. The van der Waals surface area contributed by atoms with Crippen LogP contribution in [0.2, 0.25) is 0 Å². The second-order valence-corrected chi connectivity index (χ2v) is 19.3. The average molecular weight is 979 g/mol. The number of benzene rings is 4. The van der Waals surface area contributed by atoms with E-state index in [1.54, 1.807) is 102 Å². The number of aliphatic hydroxyl groups is 1. The number of pyridine rings is 1. The molecule has 4 amide bonds. The standard InChI is InChI=1S/C50H54N6O11S2/c1-3-4-18-45(57)42(35-51)49(60)54-37-23-25-38(26-24-37)67-33-11-5-6-19-46(58)52-29-30-53-47(59)20-12-32-56(69(65,66)39-27-21-36(2)22-28-39)50(61)48-40-14-7-9-16-43(40)55(31-13-34-68(62,63)64)44-17-10-8-15-41(44)48/h1,7-10,14-17,21-28H,4-6,11-13,18-20,29-34H2,2H3,(H4-,52,53,54,57,58,59,60,62,63,64). The predicted octanol–water partition coefficient (Wildman–Crippen LogP) is 5.69. The summed E-state index contributed by atoms with van der Waals surface area (Å²) in [6, 6.07) is 28.0. The maximum Gasteiger partial charge on any atom is 0.269 e. The molecule has 0 aliphatic carbocycles. The minimum atomic E-state index is -4.48. The number of fused-ring (bicyclic) bond motifs is 2. The fourth-order valence-electron chi connectivity index (χ4n) is 7.39. The number of unbranched alkanes of at least 4 members (excludes halogenated alkanes) is 2. The number of hydrogen-bond acceptors (Lipinski definition) is 12. The summed E-state index contributed by atoms with van der Waals surface area (Å²) >= 11 is 0. The molecule has 0 radical (unpaired) electrons. The number of ether oxygens (including phenoxy) is 1. The van der Waals surface area contributed by atoms with Gasteiger partial charge in [0.1, 0.15) is 17.6 Å². The van der Waals surface area contributed by atoms with E-state index >= 15 is 0 Å². The zero-order chi connectivity index (χ0) is 50.0. The van der Waals surface area contributed by atoms with Crippen LogP contribution >= 0.6 is 0 Å². The van der Waals surface area contributed by atoms with Crippen molar-refractivity contribution in [3.8, 4) is 24.2 Å². The van der Waals surface area contributed by atoms with E-state index in [9.17, 15) is 50.9 Å². The van der Waals surface area contributed by atoms with Gasteiger partial charge in [0.15, 0.2) is 12.1 Å². The van der Waals surface area contributed by atoms with E-state index in [2.05, 4.69) is 21.9 Å². The summed E-state index contributed by atoms with van der Waals surface area (Å²) in [5.41, 5.74) is 1.96. The minimum Gasteiger partial charge on any atom is -0.748 e. The summed E-state index contributed by atoms with van der Waals surface area (Å²) < 4.78 is 71.2. The van der Waals surface area contributed by atoms with Gasteiger partial charge < -0.3 is 30.3 Å². The third kappa shape index (κ3) is 15.1. The smallest absolute Gasteiger partial charge is 0.269 e. The number of terminal acetylenes is 1. The quantitative estimate of drug-likeness (QED) is 0.00804. The molecule has 0 unspecified atom stereocenters. The van der Waals surface area contributed by atoms with Gasteiger partial charge in [0.05, 0.1) is 38.0 Å². The molecular weight excluding hydrogens is 925 g/mol. The second kappa shape index (κ2) is 25.2. The number of carbonyl (C=O) groups excluding carboxylic acids is 4. The number of hydrogen-bond donors (Lipinski definition) is 4. The molecule has 0 aliphatic heterocycles. The Hall–Kier alpha value is -7.32. The molecule has 0 spiro atoms. The van der Waals surface area contributed by atoms with E-state index in [1.165, 1.54) is 12.1 Å². The lowest BCUT2D eigenvalue weighted by molar-refractivity contribution is -0.645. The first-order valence-corrected chi connectivity index (χ1v) is 25.3. The Balaban J connectivity index is 1.10. The van der Waals surface area contributed by atoms with Crippen molar-refractivity contribution < 1.29 is 55.0 Å². The van der Waals surface area contributed by atoms with Gasteiger partial charge in [-0.2, -0.15) is 9.83 Å². The van der Waals surface area contributed by atoms with Crippen LogP contribution in [0.5, 0.6) is 5.75 Å². The average Bonchev–Trinajstić information content (AvgIpc) is 3.32. The monoisotopic (exact) mass is 978 g/mol. The summed E-state index contributed by atoms with van der Waals surface area (Å²) in [5, 5.41) is 28.1. The van der Waals surface area contributed by atoms with Crippen molar-refractivity contribution in [2.24, 2.45) is 0 Å². The number of carbonyl (C=O) groups is 4. The van der Waals surface area contributed by atoms with Gasteiger partial charge in [0, 0.05) is 75.3 Å². The number of nitrogens with one attached hydrogen (secondary N) is 3. The van der Waals surface area contributed by atoms with E-state index in [0.29, 0.717) is 59.1 Å². The van der Waals surface area contributed by atoms with Crippen molar-refractivity contribution in [3.05, 3.63) is 120 Å². The maximum absolute atomic E-state index is 14.8. The van der Waals surface area contributed by atoms with Crippen LogP contribution in [-0.4, -0.2) is 86.4 Å². The summed E-state index contributed by atoms with van der Waals surface area (Å²) in [7, 11) is -8.93. The highest BCUT2D eigenvalue weighted by Crippen LogP contribution is 2.29. The molecule has 0 saturated carbocycles. The second-order valence-electron chi connectivity index (χ2n) is 16.0. The van der Waals surface area contributed by atoms with Gasteiger partial charge in [-0.1, -0.05) is 42.0 Å². The maximum atomic E-state index is 14.8. The number of aromatic nitrogens is 1. The number of sulfonamides is 1. The van der Waals surface area contributed by atoms with Gasteiger partial charge in [-0.15, -0.1) is 12.3 Å². The molecule has 19 heteroatoms. The highest BCUT2D eigenvalue weighted by molar-refractivity contribution is 7.89. The Kier molecular flexibility index (Phi) is 19.2. The van der Waals surface area contributed by atoms with E-state index in [-0.39, 0.29) is 86.8 Å².